The first-order valence-electron chi connectivity index (χ1n) is 15.4. The van der Waals surface area contributed by atoms with Gasteiger partial charge in [0.2, 0.25) is 0 Å². The van der Waals surface area contributed by atoms with E-state index in [1.165, 1.54) is 38.2 Å². The normalized spacial score (nSPS) is 21.4. The summed E-state index contributed by atoms with van der Waals surface area (Å²) in [6, 6.07) is 30.8. The molecule has 5 nitrogen and oxygen atoms in total. The van der Waals surface area contributed by atoms with Gasteiger partial charge in [-0.3, -0.25) is 4.57 Å². The molecule has 0 saturated heterocycles. The number of benzene rings is 3. The quantitative estimate of drug-likeness (QED) is 0.216. The summed E-state index contributed by atoms with van der Waals surface area (Å²) in [6.45, 7) is 9.29. The van der Waals surface area contributed by atoms with Gasteiger partial charge in [-0.1, -0.05) is 52.0 Å². The lowest BCUT2D eigenvalue weighted by atomic mass is 9.64. The van der Waals surface area contributed by atoms with Gasteiger partial charge >= 0.3 is 0 Å². The number of nitrogens with zero attached hydrogens (tertiary/aromatic N) is 4. The van der Waals surface area contributed by atoms with E-state index in [0.717, 1.165) is 34.7 Å². The lowest BCUT2D eigenvalue weighted by Crippen LogP contribution is -2.45. The minimum Gasteiger partial charge on any atom is -0.485 e. The number of ether oxygens (including phenoxy) is 1. The maximum atomic E-state index is 7.20. The molecule has 1 aliphatic carbocycles. The van der Waals surface area contributed by atoms with Crippen molar-refractivity contribution in [3.8, 4) is 11.6 Å². The van der Waals surface area contributed by atoms with Crippen LogP contribution in [0.5, 0.6) is 5.75 Å². The molecule has 5 heteroatoms. The lowest BCUT2D eigenvalue weighted by Gasteiger charge is -2.51. The highest BCUT2D eigenvalue weighted by Gasteiger charge is 2.51. The Morgan fingerprint density at radius 1 is 0.767 bits per heavy atom. The number of aromatic nitrogens is 4. The van der Waals surface area contributed by atoms with Crippen LogP contribution in [0.3, 0.4) is 0 Å². The molecule has 0 radical (unpaired) electrons. The second-order valence-electron chi connectivity index (χ2n) is 13.6. The van der Waals surface area contributed by atoms with E-state index >= 15 is 0 Å². The number of hydrogen-bond donors (Lipinski definition) is 0. The Balaban J connectivity index is 1.26. The molecule has 5 heterocycles. The lowest BCUT2D eigenvalue weighted by molar-refractivity contribution is -0.0181. The summed E-state index contributed by atoms with van der Waals surface area (Å²) in [5, 5.41) is 4.96. The molecule has 4 aromatic heterocycles. The van der Waals surface area contributed by atoms with E-state index in [1.54, 1.807) is 0 Å². The van der Waals surface area contributed by atoms with Crippen LogP contribution in [-0.4, -0.2) is 19.1 Å². The zero-order valence-electron chi connectivity index (χ0n) is 25.0. The predicted octanol–water partition coefficient (Wildman–Crippen LogP) is 9.31. The molecular formula is C38H34N4O. The van der Waals surface area contributed by atoms with Gasteiger partial charge in [0, 0.05) is 57.5 Å². The van der Waals surface area contributed by atoms with Gasteiger partial charge in [0.05, 0.1) is 16.6 Å². The standard InChI is InChI=1S/C38H34N4O/c1-22-18-32-34(22)36(29-20-23(38(2,3)4)19-28-27-11-9-17-40-37(27)42(32)35(28)29)43-24-14-15-26-25-10-5-6-12-30(25)41(31(26)21-24)33-13-7-8-16-39-33/h5-17,19-22,32,34,36H,18H2,1-4H3/t22-,32?,34+,36?/m0/s1. The number of hydrogen-bond acceptors (Lipinski definition) is 3. The molecule has 1 fully saturated rings. The van der Waals surface area contributed by atoms with Crippen molar-refractivity contribution in [3.05, 3.63) is 108 Å². The summed E-state index contributed by atoms with van der Waals surface area (Å²) < 4.78 is 12.0. The van der Waals surface area contributed by atoms with Crippen molar-refractivity contribution in [2.75, 3.05) is 0 Å². The Morgan fingerprint density at radius 2 is 1.56 bits per heavy atom. The second-order valence-corrected chi connectivity index (χ2v) is 13.6. The first-order valence-corrected chi connectivity index (χ1v) is 15.4. The van der Waals surface area contributed by atoms with Crippen LogP contribution in [0.1, 0.15) is 57.4 Å². The monoisotopic (exact) mass is 562 g/mol. The molecule has 1 saturated carbocycles. The summed E-state index contributed by atoms with van der Waals surface area (Å²) >= 11 is 0. The maximum absolute atomic E-state index is 7.20. The van der Waals surface area contributed by atoms with Gasteiger partial charge in [0.15, 0.2) is 0 Å². The van der Waals surface area contributed by atoms with Crippen LogP contribution in [0.25, 0.3) is 49.6 Å². The van der Waals surface area contributed by atoms with Crippen LogP contribution >= 0.6 is 0 Å². The van der Waals surface area contributed by atoms with Crippen molar-refractivity contribution >= 4 is 43.7 Å². The fourth-order valence-corrected chi connectivity index (χ4v) is 7.92. The molecule has 212 valence electrons. The molecule has 2 unspecified atom stereocenters. The maximum Gasteiger partial charge on any atom is 0.141 e. The van der Waals surface area contributed by atoms with Crippen molar-refractivity contribution in [1.82, 2.24) is 19.1 Å². The smallest absolute Gasteiger partial charge is 0.141 e. The largest absolute Gasteiger partial charge is 0.485 e. The van der Waals surface area contributed by atoms with Crippen molar-refractivity contribution in [1.29, 1.82) is 0 Å². The summed E-state index contributed by atoms with van der Waals surface area (Å²) in [7, 11) is 0. The Bertz CT molecular complexity index is 2220. The molecule has 9 rings (SSSR count). The Hall–Kier alpha value is -4.64. The topological polar surface area (TPSA) is 44.9 Å². The molecule has 3 aromatic carbocycles. The first kappa shape index (κ1) is 24.9. The van der Waals surface area contributed by atoms with Crippen molar-refractivity contribution in [2.24, 2.45) is 11.8 Å². The van der Waals surface area contributed by atoms with Gasteiger partial charge in [-0.25, -0.2) is 9.97 Å². The molecule has 1 aliphatic heterocycles. The Labute approximate surface area is 250 Å². The van der Waals surface area contributed by atoms with Gasteiger partial charge in [0.1, 0.15) is 23.3 Å². The molecule has 7 aromatic rings. The fourth-order valence-electron chi connectivity index (χ4n) is 7.92. The van der Waals surface area contributed by atoms with Gasteiger partial charge in [-0.15, -0.1) is 0 Å². The summed E-state index contributed by atoms with van der Waals surface area (Å²) in [6.07, 6.45) is 4.90. The zero-order chi connectivity index (χ0) is 29.0. The van der Waals surface area contributed by atoms with Crippen molar-refractivity contribution in [2.45, 2.75) is 51.7 Å². The first-order chi connectivity index (χ1) is 20.9. The average Bonchev–Trinajstić information content (AvgIpc) is 3.51. The molecule has 0 amide bonds. The molecular weight excluding hydrogens is 528 g/mol. The fraction of sp³-hybridized carbons (Fsp3) is 0.263. The van der Waals surface area contributed by atoms with E-state index in [4.69, 9.17) is 14.7 Å². The number of pyridine rings is 2. The van der Waals surface area contributed by atoms with Gasteiger partial charge in [0.25, 0.3) is 0 Å². The third kappa shape index (κ3) is 3.45. The van der Waals surface area contributed by atoms with E-state index in [2.05, 4.69) is 110 Å². The number of para-hydroxylation sites is 1. The summed E-state index contributed by atoms with van der Waals surface area (Å²) in [5.41, 5.74) is 7.29. The SMILES string of the molecule is C[C@H]1CC2[C@@H]1C(Oc1ccc3c4ccccc4n(-c4ccccn4)c3c1)c1cc(C(C)(C)C)cc3c4cccnc4n2c13. The van der Waals surface area contributed by atoms with E-state index < -0.39 is 0 Å². The number of fused-ring (bicyclic) bond motifs is 8. The van der Waals surface area contributed by atoms with Crippen LogP contribution in [0, 0.1) is 11.8 Å². The highest BCUT2D eigenvalue weighted by atomic mass is 16.5. The molecule has 43 heavy (non-hydrogen) atoms. The van der Waals surface area contributed by atoms with Crippen LogP contribution in [-0.2, 0) is 5.41 Å². The van der Waals surface area contributed by atoms with Crippen LogP contribution in [0.15, 0.2) is 97.3 Å². The van der Waals surface area contributed by atoms with Crippen LogP contribution < -0.4 is 4.74 Å². The second kappa shape index (κ2) is 8.70. The summed E-state index contributed by atoms with van der Waals surface area (Å²) in [5.74, 6) is 2.74. The Morgan fingerprint density at radius 3 is 2.37 bits per heavy atom. The van der Waals surface area contributed by atoms with E-state index in [9.17, 15) is 0 Å². The highest BCUT2D eigenvalue weighted by molar-refractivity contribution is 6.10. The minimum atomic E-state index is -0.0412. The van der Waals surface area contributed by atoms with E-state index in [-0.39, 0.29) is 11.5 Å². The summed E-state index contributed by atoms with van der Waals surface area (Å²) in [4.78, 5) is 9.64. The Kier molecular flexibility index (Phi) is 5.04. The van der Waals surface area contributed by atoms with Crippen LogP contribution in [0.2, 0.25) is 0 Å². The van der Waals surface area contributed by atoms with Crippen LogP contribution in [0.4, 0.5) is 0 Å². The molecule has 0 N–H and O–H groups in total. The van der Waals surface area contributed by atoms with Gasteiger partial charge in [-0.05, 0) is 77.9 Å². The molecule has 0 spiro atoms. The average molecular weight is 563 g/mol. The molecule has 2 aliphatic rings. The van der Waals surface area contributed by atoms with Gasteiger partial charge in [-0.2, -0.15) is 0 Å². The van der Waals surface area contributed by atoms with Crippen molar-refractivity contribution in [3.63, 3.8) is 0 Å². The number of rotatable bonds is 3. The third-order valence-corrected chi connectivity index (χ3v) is 10.0. The van der Waals surface area contributed by atoms with E-state index in [1.807, 2.05) is 24.5 Å². The van der Waals surface area contributed by atoms with Gasteiger partial charge < -0.3 is 9.30 Å². The highest BCUT2D eigenvalue weighted by Crippen LogP contribution is 2.58. The third-order valence-electron chi connectivity index (χ3n) is 10.0. The predicted molar refractivity (Wildman–Crippen MR) is 174 cm³/mol. The molecule has 4 atom stereocenters. The molecule has 0 bridgehead atoms. The van der Waals surface area contributed by atoms with Crippen molar-refractivity contribution < 1.29 is 4.74 Å². The minimum absolute atomic E-state index is 0.0104. The zero-order valence-corrected chi connectivity index (χ0v) is 25.0. The van der Waals surface area contributed by atoms with E-state index in [0.29, 0.717) is 17.9 Å².